The van der Waals surface area contributed by atoms with E-state index in [0.717, 1.165) is 18.6 Å². The van der Waals surface area contributed by atoms with Crippen molar-refractivity contribution in [1.29, 1.82) is 0 Å². The number of amides is 1. The number of ether oxygens (including phenoxy) is 2. The van der Waals surface area contributed by atoms with Crippen LogP contribution in [0, 0.1) is 0 Å². The topological polar surface area (TPSA) is 78.5 Å². The Kier molecular flexibility index (Phi) is 5.43. The molecule has 1 amide bonds. The van der Waals surface area contributed by atoms with E-state index < -0.39 is 0 Å². The van der Waals surface area contributed by atoms with Crippen LogP contribution in [0.1, 0.15) is 40.8 Å². The molecule has 0 fully saturated rings. The molecule has 0 saturated carbocycles. The molecule has 2 heterocycles. The molecule has 0 atom stereocenters. The molecule has 4 rings (SSSR count). The Morgan fingerprint density at radius 3 is 3.04 bits per heavy atom. The number of aromatic nitrogens is 2. The first-order valence-electron chi connectivity index (χ1n) is 9.46. The third-order valence-corrected chi connectivity index (χ3v) is 4.66. The van der Waals surface area contributed by atoms with Gasteiger partial charge in [-0.2, -0.15) is 5.10 Å². The van der Waals surface area contributed by atoms with E-state index in [9.17, 15) is 4.79 Å². The number of fused-ring (bicyclic) bond motifs is 1. The summed E-state index contributed by atoms with van der Waals surface area (Å²) >= 11 is 0. The number of aryl methyl sites for hydroxylation is 2. The van der Waals surface area contributed by atoms with Crippen LogP contribution in [0.3, 0.4) is 0 Å². The minimum atomic E-state index is -0.334. The second-order valence-corrected chi connectivity index (χ2v) is 6.68. The molecule has 1 N–H and O–H groups in total. The lowest BCUT2D eigenvalue weighted by atomic mass is 10.1. The third kappa shape index (κ3) is 4.26. The van der Waals surface area contributed by atoms with Gasteiger partial charge in [-0.3, -0.25) is 4.79 Å². The molecule has 1 aliphatic rings. The molecule has 2 aromatic heterocycles. The Morgan fingerprint density at radius 2 is 2.14 bits per heavy atom. The van der Waals surface area contributed by atoms with Crippen LogP contribution in [0.5, 0.6) is 5.75 Å². The summed E-state index contributed by atoms with van der Waals surface area (Å²) in [5.74, 6) is 1.31. The van der Waals surface area contributed by atoms with Gasteiger partial charge in [0.25, 0.3) is 5.91 Å². The van der Waals surface area contributed by atoms with E-state index in [0.29, 0.717) is 24.8 Å². The average Bonchev–Trinajstić information content (AvgIpc) is 3.44. The molecule has 0 saturated heterocycles. The third-order valence-electron chi connectivity index (χ3n) is 4.66. The Hall–Kier alpha value is -3.06. The van der Waals surface area contributed by atoms with Gasteiger partial charge < -0.3 is 19.2 Å². The van der Waals surface area contributed by atoms with Crippen molar-refractivity contribution in [2.24, 2.45) is 0 Å². The van der Waals surface area contributed by atoms with Gasteiger partial charge in [0.05, 0.1) is 18.1 Å². The fourth-order valence-corrected chi connectivity index (χ4v) is 3.25. The lowest BCUT2D eigenvalue weighted by Gasteiger charge is -2.06. The maximum Gasteiger partial charge on any atom is 0.291 e. The van der Waals surface area contributed by atoms with E-state index in [1.54, 1.807) is 29.2 Å². The lowest BCUT2D eigenvalue weighted by Crippen LogP contribution is -2.10. The molecule has 7 heteroatoms. The number of hydrogen-bond donors (Lipinski definition) is 1. The normalized spacial score (nSPS) is 12.8. The van der Waals surface area contributed by atoms with Crippen molar-refractivity contribution in [2.45, 2.75) is 39.5 Å². The number of benzene rings is 1. The summed E-state index contributed by atoms with van der Waals surface area (Å²) in [6, 6.07) is 9.60. The molecular formula is C21H23N3O4. The van der Waals surface area contributed by atoms with Gasteiger partial charge in [0, 0.05) is 6.61 Å². The molecule has 0 spiro atoms. The molecular weight excluding hydrogens is 358 g/mol. The first-order chi connectivity index (χ1) is 13.7. The largest absolute Gasteiger partial charge is 0.486 e. The number of carbonyl (C=O) groups is 1. The van der Waals surface area contributed by atoms with Crippen molar-refractivity contribution in [3.8, 4) is 5.75 Å². The van der Waals surface area contributed by atoms with E-state index in [-0.39, 0.29) is 18.3 Å². The minimum absolute atomic E-state index is 0.227. The molecule has 0 unspecified atom stereocenters. The van der Waals surface area contributed by atoms with Gasteiger partial charge in [0.15, 0.2) is 5.76 Å². The van der Waals surface area contributed by atoms with Crippen LogP contribution in [0.4, 0.5) is 5.69 Å². The number of rotatable bonds is 8. The van der Waals surface area contributed by atoms with Gasteiger partial charge in [-0.15, -0.1) is 0 Å². The Morgan fingerprint density at radius 1 is 1.25 bits per heavy atom. The maximum atomic E-state index is 12.3. The SMILES string of the molecule is CCOCn1cc(NC(=O)c2ccc(COc3ccc4c(c3)CCC4)o2)cn1. The van der Waals surface area contributed by atoms with Crippen LogP contribution in [0.25, 0.3) is 0 Å². The summed E-state index contributed by atoms with van der Waals surface area (Å²) in [6.07, 6.45) is 6.74. The zero-order valence-electron chi connectivity index (χ0n) is 15.8. The number of hydrogen-bond acceptors (Lipinski definition) is 5. The zero-order chi connectivity index (χ0) is 19.3. The van der Waals surface area contributed by atoms with Crippen molar-refractivity contribution >= 4 is 11.6 Å². The Balaban J connectivity index is 1.32. The Bertz CT molecular complexity index is 960. The van der Waals surface area contributed by atoms with Crippen molar-refractivity contribution < 1.29 is 18.7 Å². The highest BCUT2D eigenvalue weighted by Gasteiger charge is 2.14. The molecule has 146 valence electrons. The number of furan rings is 1. The fraction of sp³-hybridized carbons (Fsp3) is 0.333. The van der Waals surface area contributed by atoms with Crippen molar-refractivity contribution in [3.63, 3.8) is 0 Å². The van der Waals surface area contributed by atoms with Crippen molar-refractivity contribution in [2.75, 3.05) is 11.9 Å². The van der Waals surface area contributed by atoms with Crippen molar-refractivity contribution in [3.05, 3.63) is 65.4 Å². The molecule has 0 aliphatic heterocycles. The van der Waals surface area contributed by atoms with Crippen LogP contribution in [0.15, 0.2) is 47.1 Å². The van der Waals surface area contributed by atoms with Crippen LogP contribution < -0.4 is 10.1 Å². The summed E-state index contributed by atoms with van der Waals surface area (Å²) in [5.41, 5.74) is 3.35. The van der Waals surface area contributed by atoms with E-state index in [4.69, 9.17) is 13.9 Å². The zero-order valence-corrected chi connectivity index (χ0v) is 15.8. The van der Waals surface area contributed by atoms with Crippen LogP contribution in [-0.4, -0.2) is 22.3 Å². The minimum Gasteiger partial charge on any atom is -0.486 e. The summed E-state index contributed by atoms with van der Waals surface area (Å²) in [7, 11) is 0. The highest BCUT2D eigenvalue weighted by atomic mass is 16.5. The van der Waals surface area contributed by atoms with Crippen LogP contribution in [-0.2, 0) is 30.9 Å². The first kappa shape index (κ1) is 18.3. The van der Waals surface area contributed by atoms with Gasteiger partial charge >= 0.3 is 0 Å². The number of carbonyl (C=O) groups excluding carboxylic acids is 1. The van der Waals surface area contributed by atoms with E-state index in [1.807, 2.05) is 13.0 Å². The molecule has 7 nitrogen and oxygen atoms in total. The van der Waals surface area contributed by atoms with E-state index in [1.165, 1.54) is 17.5 Å². The summed E-state index contributed by atoms with van der Waals surface area (Å²) in [6.45, 7) is 3.13. The highest BCUT2D eigenvalue weighted by Crippen LogP contribution is 2.26. The fourth-order valence-electron chi connectivity index (χ4n) is 3.25. The van der Waals surface area contributed by atoms with Crippen LogP contribution in [0.2, 0.25) is 0 Å². The van der Waals surface area contributed by atoms with Crippen LogP contribution >= 0.6 is 0 Å². The van der Waals surface area contributed by atoms with Gasteiger partial charge in [-0.25, -0.2) is 4.68 Å². The van der Waals surface area contributed by atoms with Gasteiger partial charge in [-0.05, 0) is 61.6 Å². The van der Waals surface area contributed by atoms with Gasteiger partial charge in [0.1, 0.15) is 24.8 Å². The molecule has 0 radical (unpaired) electrons. The smallest absolute Gasteiger partial charge is 0.291 e. The monoisotopic (exact) mass is 381 g/mol. The Labute approximate surface area is 163 Å². The van der Waals surface area contributed by atoms with E-state index >= 15 is 0 Å². The molecule has 1 aromatic carbocycles. The van der Waals surface area contributed by atoms with E-state index in [2.05, 4.69) is 22.5 Å². The summed E-state index contributed by atoms with van der Waals surface area (Å²) in [5, 5.41) is 6.88. The summed E-state index contributed by atoms with van der Waals surface area (Å²) in [4.78, 5) is 12.3. The quantitative estimate of drug-likeness (QED) is 0.642. The molecule has 1 aliphatic carbocycles. The number of nitrogens with zero attached hydrogens (tertiary/aromatic N) is 2. The number of nitrogens with one attached hydrogen (secondary N) is 1. The predicted molar refractivity (Wildman–Crippen MR) is 103 cm³/mol. The second kappa shape index (κ2) is 8.31. The first-order valence-corrected chi connectivity index (χ1v) is 9.46. The molecule has 28 heavy (non-hydrogen) atoms. The number of anilines is 1. The van der Waals surface area contributed by atoms with Gasteiger partial charge in [-0.1, -0.05) is 6.07 Å². The van der Waals surface area contributed by atoms with Gasteiger partial charge in [0.2, 0.25) is 0 Å². The maximum absolute atomic E-state index is 12.3. The average molecular weight is 381 g/mol. The lowest BCUT2D eigenvalue weighted by molar-refractivity contribution is 0.0792. The van der Waals surface area contributed by atoms with Crippen molar-refractivity contribution in [1.82, 2.24) is 9.78 Å². The molecule has 3 aromatic rings. The highest BCUT2D eigenvalue weighted by molar-refractivity contribution is 6.02. The molecule has 0 bridgehead atoms. The summed E-state index contributed by atoms with van der Waals surface area (Å²) < 4.78 is 18.3. The standard InChI is InChI=1S/C21H23N3O4/c1-2-26-14-24-12-17(11-22-24)23-21(25)20-9-8-19(28-20)13-27-18-7-6-15-4-3-5-16(15)10-18/h6-12H,2-5,13-14H2,1H3,(H,23,25). The predicted octanol–water partition coefficient (Wildman–Crippen LogP) is 3.79. The second-order valence-electron chi connectivity index (χ2n) is 6.68.